The molecule has 86 valence electrons. The highest BCUT2D eigenvalue weighted by atomic mass is 16.4. The number of hydrogen-bond donors (Lipinski definition) is 2. The van der Waals surface area contributed by atoms with E-state index in [9.17, 15) is 9.90 Å². The van der Waals surface area contributed by atoms with Gasteiger partial charge in [0, 0.05) is 6.04 Å². The van der Waals surface area contributed by atoms with E-state index in [0.29, 0.717) is 6.04 Å². The molecule has 2 fully saturated rings. The van der Waals surface area contributed by atoms with Gasteiger partial charge >= 0.3 is 5.97 Å². The lowest BCUT2D eigenvalue weighted by atomic mass is 9.68. The molecule has 1 atom stereocenters. The third-order valence-electron chi connectivity index (χ3n) is 3.70. The fraction of sp³-hybridized carbons (Fsp3) is 0.917. The molecule has 0 aromatic carbocycles. The maximum absolute atomic E-state index is 11.5. The van der Waals surface area contributed by atoms with Crippen molar-refractivity contribution in [3.63, 3.8) is 0 Å². The highest BCUT2D eigenvalue weighted by molar-refractivity contribution is 5.79. The van der Waals surface area contributed by atoms with Crippen LogP contribution < -0.4 is 5.32 Å². The first-order valence-corrected chi connectivity index (χ1v) is 5.95. The standard InChI is InChI=1S/C12H21NO2/c1-11(2)6-3-7-12(8-11,10(14)15)13-9-4-5-9/h9,13H,3-8H2,1-2H3,(H,14,15). The molecule has 0 aromatic heterocycles. The molecule has 2 aliphatic rings. The number of rotatable bonds is 3. The molecule has 3 heteroatoms. The number of carboxylic acid groups (broad SMARTS) is 1. The summed E-state index contributed by atoms with van der Waals surface area (Å²) in [5.74, 6) is -0.651. The summed E-state index contributed by atoms with van der Waals surface area (Å²) in [6.07, 6.45) is 6.03. The van der Waals surface area contributed by atoms with Gasteiger partial charge in [0.2, 0.25) is 0 Å². The zero-order valence-corrected chi connectivity index (χ0v) is 9.68. The van der Waals surface area contributed by atoms with Crippen molar-refractivity contribution >= 4 is 5.97 Å². The predicted octanol–water partition coefficient (Wildman–Crippen LogP) is 2.16. The van der Waals surface area contributed by atoms with Crippen molar-refractivity contribution in [3.05, 3.63) is 0 Å². The molecule has 0 aromatic rings. The number of hydrogen-bond acceptors (Lipinski definition) is 2. The van der Waals surface area contributed by atoms with Crippen LogP contribution in [0.5, 0.6) is 0 Å². The fourth-order valence-electron chi connectivity index (χ4n) is 2.85. The highest BCUT2D eigenvalue weighted by Gasteiger charge is 2.48. The van der Waals surface area contributed by atoms with E-state index in [1.165, 1.54) is 0 Å². The molecule has 0 spiro atoms. The van der Waals surface area contributed by atoms with Gasteiger partial charge in [0.15, 0.2) is 0 Å². The minimum Gasteiger partial charge on any atom is -0.480 e. The SMILES string of the molecule is CC1(C)CCCC(NC2CC2)(C(=O)O)C1. The summed E-state index contributed by atoms with van der Waals surface area (Å²) in [6.45, 7) is 4.36. The lowest BCUT2D eigenvalue weighted by Gasteiger charge is -2.42. The molecular formula is C12H21NO2. The Morgan fingerprint density at radius 1 is 1.33 bits per heavy atom. The average molecular weight is 211 g/mol. The summed E-state index contributed by atoms with van der Waals surface area (Å²) >= 11 is 0. The normalized spacial score (nSPS) is 35.1. The van der Waals surface area contributed by atoms with Gasteiger partial charge in [0.05, 0.1) is 0 Å². The van der Waals surface area contributed by atoms with E-state index >= 15 is 0 Å². The van der Waals surface area contributed by atoms with Crippen LogP contribution in [-0.2, 0) is 4.79 Å². The van der Waals surface area contributed by atoms with Crippen LogP contribution in [0.15, 0.2) is 0 Å². The van der Waals surface area contributed by atoms with Crippen molar-refractivity contribution in [2.24, 2.45) is 5.41 Å². The molecule has 0 amide bonds. The first-order chi connectivity index (χ1) is 6.94. The van der Waals surface area contributed by atoms with Crippen LogP contribution in [0.1, 0.15) is 52.4 Å². The predicted molar refractivity (Wildman–Crippen MR) is 58.8 cm³/mol. The van der Waals surface area contributed by atoms with Gasteiger partial charge in [0.1, 0.15) is 5.54 Å². The van der Waals surface area contributed by atoms with E-state index in [2.05, 4.69) is 19.2 Å². The van der Waals surface area contributed by atoms with Gasteiger partial charge < -0.3 is 5.11 Å². The van der Waals surface area contributed by atoms with Crippen molar-refractivity contribution in [3.8, 4) is 0 Å². The second kappa shape index (κ2) is 3.48. The molecule has 0 radical (unpaired) electrons. The quantitative estimate of drug-likeness (QED) is 0.752. The summed E-state index contributed by atoms with van der Waals surface area (Å²) < 4.78 is 0. The van der Waals surface area contributed by atoms with E-state index in [0.717, 1.165) is 38.5 Å². The maximum atomic E-state index is 11.5. The van der Waals surface area contributed by atoms with Crippen molar-refractivity contribution in [1.29, 1.82) is 0 Å². The lowest BCUT2D eigenvalue weighted by molar-refractivity contribution is -0.148. The van der Waals surface area contributed by atoms with Gasteiger partial charge in [-0.3, -0.25) is 10.1 Å². The average Bonchev–Trinajstić information content (AvgIpc) is 2.85. The van der Waals surface area contributed by atoms with E-state index in [-0.39, 0.29) is 5.41 Å². The number of nitrogens with one attached hydrogen (secondary N) is 1. The third kappa shape index (κ3) is 2.33. The van der Waals surface area contributed by atoms with Crippen LogP contribution in [0.25, 0.3) is 0 Å². The summed E-state index contributed by atoms with van der Waals surface area (Å²) in [6, 6.07) is 0.468. The Hall–Kier alpha value is -0.570. The van der Waals surface area contributed by atoms with Crippen molar-refractivity contribution in [2.45, 2.75) is 64.0 Å². The number of carbonyl (C=O) groups is 1. The zero-order chi connectivity index (χ0) is 11.1. The Bertz CT molecular complexity index is 271. The Morgan fingerprint density at radius 3 is 2.47 bits per heavy atom. The van der Waals surface area contributed by atoms with Crippen LogP contribution in [-0.4, -0.2) is 22.7 Å². The molecule has 15 heavy (non-hydrogen) atoms. The molecule has 2 N–H and O–H groups in total. The largest absolute Gasteiger partial charge is 0.480 e. The van der Waals surface area contributed by atoms with Crippen LogP contribution in [0.2, 0.25) is 0 Å². The highest BCUT2D eigenvalue weighted by Crippen LogP contribution is 2.42. The zero-order valence-electron chi connectivity index (χ0n) is 9.68. The first-order valence-electron chi connectivity index (χ1n) is 5.95. The molecule has 0 aliphatic heterocycles. The maximum Gasteiger partial charge on any atom is 0.323 e. The van der Waals surface area contributed by atoms with Gasteiger partial charge in [-0.05, 0) is 37.5 Å². The Labute approximate surface area is 91.2 Å². The molecule has 0 bridgehead atoms. The van der Waals surface area contributed by atoms with Gasteiger partial charge in [-0.2, -0.15) is 0 Å². The Kier molecular flexibility index (Phi) is 2.53. The topological polar surface area (TPSA) is 49.3 Å². The number of aliphatic carboxylic acids is 1. The van der Waals surface area contributed by atoms with Crippen LogP contribution >= 0.6 is 0 Å². The molecule has 2 saturated carbocycles. The minimum absolute atomic E-state index is 0.165. The van der Waals surface area contributed by atoms with Gasteiger partial charge in [0.25, 0.3) is 0 Å². The molecule has 1 unspecified atom stereocenters. The second-order valence-corrected chi connectivity index (χ2v) is 6.00. The molecule has 0 heterocycles. The van der Waals surface area contributed by atoms with Gasteiger partial charge in [-0.15, -0.1) is 0 Å². The van der Waals surface area contributed by atoms with E-state index < -0.39 is 11.5 Å². The summed E-state index contributed by atoms with van der Waals surface area (Å²) in [5.41, 5.74) is -0.471. The Balaban J connectivity index is 2.13. The van der Waals surface area contributed by atoms with E-state index in [1.54, 1.807) is 0 Å². The molecule has 2 rings (SSSR count). The molecule has 3 nitrogen and oxygen atoms in total. The van der Waals surface area contributed by atoms with Crippen LogP contribution in [0, 0.1) is 5.41 Å². The van der Waals surface area contributed by atoms with Crippen LogP contribution in [0.3, 0.4) is 0 Å². The van der Waals surface area contributed by atoms with E-state index in [1.807, 2.05) is 0 Å². The number of carboxylic acids is 1. The van der Waals surface area contributed by atoms with Crippen molar-refractivity contribution in [1.82, 2.24) is 5.32 Å². The van der Waals surface area contributed by atoms with Crippen LogP contribution in [0.4, 0.5) is 0 Å². The molecule has 2 aliphatic carbocycles. The monoisotopic (exact) mass is 211 g/mol. The smallest absolute Gasteiger partial charge is 0.323 e. The first kappa shape index (κ1) is 10.9. The van der Waals surface area contributed by atoms with E-state index in [4.69, 9.17) is 0 Å². The molecule has 0 saturated heterocycles. The fourth-order valence-corrected chi connectivity index (χ4v) is 2.85. The third-order valence-corrected chi connectivity index (χ3v) is 3.70. The van der Waals surface area contributed by atoms with Crippen molar-refractivity contribution < 1.29 is 9.90 Å². The van der Waals surface area contributed by atoms with Gasteiger partial charge in [-0.1, -0.05) is 20.3 Å². The minimum atomic E-state index is -0.651. The van der Waals surface area contributed by atoms with Gasteiger partial charge in [-0.25, -0.2) is 0 Å². The summed E-state index contributed by atoms with van der Waals surface area (Å²) in [4.78, 5) is 11.5. The molecular weight excluding hydrogens is 190 g/mol. The summed E-state index contributed by atoms with van der Waals surface area (Å²) in [7, 11) is 0. The lowest BCUT2D eigenvalue weighted by Crippen LogP contribution is -2.57. The van der Waals surface area contributed by atoms with Crippen molar-refractivity contribution in [2.75, 3.05) is 0 Å². The second-order valence-electron chi connectivity index (χ2n) is 6.00. The Morgan fingerprint density at radius 2 is 2.00 bits per heavy atom. The summed E-state index contributed by atoms with van der Waals surface area (Å²) in [5, 5.41) is 12.8.